The molecule has 1 rings (SSSR count). The third-order valence-electron chi connectivity index (χ3n) is 3.86. The summed E-state index contributed by atoms with van der Waals surface area (Å²) >= 11 is 0. The first-order valence-corrected chi connectivity index (χ1v) is 8.25. The van der Waals surface area contributed by atoms with E-state index in [0.717, 1.165) is 31.2 Å². The van der Waals surface area contributed by atoms with E-state index in [0.29, 0.717) is 5.92 Å². The summed E-state index contributed by atoms with van der Waals surface area (Å²) in [5.74, 6) is 2.44. The van der Waals surface area contributed by atoms with Gasteiger partial charge in [-0.25, -0.2) is 0 Å². The van der Waals surface area contributed by atoms with Crippen LogP contribution in [-0.2, 0) is 6.54 Å². The molecule has 1 aromatic rings. The Hall–Kier alpha value is -1.22. The number of rotatable bonds is 11. The number of benzene rings is 1. The van der Waals surface area contributed by atoms with Crippen molar-refractivity contribution < 1.29 is 9.47 Å². The highest BCUT2D eigenvalue weighted by Gasteiger charge is 2.10. The molecule has 0 aliphatic rings. The number of nitrogens with one attached hydrogen (secondary N) is 1. The molecule has 1 aromatic carbocycles. The van der Waals surface area contributed by atoms with Crippen LogP contribution in [0.2, 0.25) is 0 Å². The molecule has 0 heterocycles. The van der Waals surface area contributed by atoms with Crippen molar-refractivity contribution in [2.75, 3.05) is 20.3 Å². The monoisotopic (exact) mass is 293 g/mol. The van der Waals surface area contributed by atoms with Crippen LogP contribution in [0.15, 0.2) is 18.2 Å². The molecule has 0 aliphatic carbocycles. The van der Waals surface area contributed by atoms with Gasteiger partial charge in [-0.15, -0.1) is 0 Å². The Bertz CT molecular complexity index is 393. The van der Waals surface area contributed by atoms with Crippen LogP contribution in [0.4, 0.5) is 0 Å². The SMILES string of the molecule is CCCCC(CC)COc1cc(OC)ccc1CNCC. The second-order valence-corrected chi connectivity index (χ2v) is 5.48. The van der Waals surface area contributed by atoms with Crippen LogP contribution in [0, 0.1) is 5.92 Å². The van der Waals surface area contributed by atoms with Crippen LogP contribution in [-0.4, -0.2) is 20.3 Å². The van der Waals surface area contributed by atoms with Crippen molar-refractivity contribution in [3.8, 4) is 11.5 Å². The summed E-state index contributed by atoms with van der Waals surface area (Å²) in [6, 6.07) is 6.08. The second kappa shape index (κ2) is 10.5. The molecule has 21 heavy (non-hydrogen) atoms. The zero-order valence-corrected chi connectivity index (χ0v) is 14.1. The normalized spacial score (nSPS) is 12.2. The van der Waals surface area contributed by atoms with Gasteiger partial charge in [0.15, 0.2) is 0 Å². The van der Waals surface area contributed by atoms with Crippen LogP contribution in [0.1, 0.15) is 52.0 Å². The number of hydrogen-bond acceptors (Lipinski definition) is 3. The van der Waals surface area contributed by atoms with Crippen molar-refractivity contribution in [1.82, 2.24) is 5.32 Å². The summed E-state index contributed by atoms with van der Waals surface area (Å²) in [4.78, 5) is 0. The topological polar surface area (TPSA) is 30.5 Å². The van der Waals surface area contributed by atoms with Gasteiger partial charge >= 0.3 is 0 Å². The fourth-order valence-corrected chi connectivity index (χ4v) is 2.31. The van der Waals surface area contributed by atoms with Gasteiger partial charge in [0.2, 0.25) is 0 Å². The average Bonchev–Trinajstić information content (AvgIpc) is 2.53. The van der Waals surface area contributed by atoms with E-state index in [-0.39, 0.29) is 0 Å². The summed E-state index contributed by atoms with van der Waals surface area (Å²) in [5, 5.41) is 3.36. The molecule has 0 aliphatic heterocycles. The summed E-state index contributed by atoms with van der Waals surface area (Å²) in [6.45, 7) is 9.19. The maximum atomic E-state index is 6.11. The van der Waals surface area contributed by atoms with Crippen molar-refractivity contribution in [2.45, 2.75) is 53.0 Å². The first-order chi connectivity index (χ1) is 10.2. The van der Waals surface area contributed by atoms with E-state index in [4.69, 9.17) is 9.47 Å². The quantitative estimate of drug-likeness (QED) is 0.656. The predicted octanol–water partition coefficient (Wildman–Crippen LogP) is 4.40. The molecule has 1 unspecified atom stereocenters. The van der Waals surface area contributed by atoms with E-state index in [1.54, 1.807) is 7.11 Å². The number of methoxy groups -OCH3 is 1. The van der Waals surface area contributed by atoms with Gasteiger partial charge in [0.1, 0.15) is 11.5 Å². The molecule has 1 N–H and O–H groups in total. The Morgan fingerprint density at radius 3 is 2.62 bits per heavy atom. The zero-order valence-electron chi connectivity index (χ0n) is 14.1. The van der Waals surface area contributed by atoms with E-state index in [1.807, 2.05) is 12.1 Å². The van der Waals surface area contributed by atoms with Gasteiger partial charge in [-0.3, -0.25) is 0 Å². The lowest BCUT2D eigenvalue weighted by Crippen LogP contribution is -2.15. The predicted molar refractivity (Wildman–Crippen MR) is 89.2 cm³/mol. The standard InChI is InChI=1S/C18H31NO2/c1-5-8-9-15(6-2)14-21-18-12-17(20-4)11-10-16(18)13-19-7-3/h10-12,15,19H,5-9,13-14H2,1-4H3. The minimum absolute atomic E-state index is 0.642. The van der Waals surface area contributed by atoms with Gasteiger partial charge in [0, 0.05) is 18.2 Å². The molecule has 0 bridgehead atoms. The van der Waals surface area contributed by atoms with E-state index in [9.17, 15) is 0 Å². The zero-order chi connectivity index (χ0) is 15.5. The third kappa shape index (κ3) is 6.38. The molecule has 3 heteroatoms. The van der Waals surface area contributed by atoms with Gasteiger partial charge in [-0.2, -0.15) is 0 Å². The second-order valence-electron chi connectivity index (χ2n) is 5.48. The Morgan fingerprint density at radius 1 is 1.19 bits per heavy atom. The lowest BCUT2D eigenvalue weighted by molar-refractivity contribution is 0.230. The first-order valence-electron chi connectivity index (χ1n) is 8.25. The lowest BCUT2D eigenvalue weighted by Gasteiger charge is -2.18. The summed E-state index contributed by atoms with van der Waals surface area (Å²) in [6.07, 6.45) is 4.96. The van der Waals surface area contributed by atoms with Crippen LogP contribution in [0.5, 0.6) is 11.5 Å². The molecule has 0 amide bonds. The summed E-state index contributed by atoms with van der Waals surface area (Å²) in [7, 11) is 1.69. The number of unbranched alkanes of at least 4 members (excludes halogenated alkanes) is 1. The van der Waals surface area contributed by atoms with Crippen LogP contribution >= 0.6 is 0 Å². The average molecular weight is 293 g/mol. The van der Waals surface area contributed by atoms with Gasteiger partial charge in [0.05, 0.1) is 13.7 Å². The number of ether oxygens (including phenoxy) is 2. The van der Waals surface area contributed by atoms with Gasteiger partial charge in [-0.1, -0.05) is 46.1 Å². The first kappa shape index (κ1) is 17.8. The lowest BCUT2D eigenvalue weighted by atomic mass is 10.0. The molecule has 3 nitrogen and oxygen atoms in total. The molecule has 0 aromatic heterocycles. The van der Waals surface area contributed by atoms with Crippen LogP contribution in [0.3, 0.4) is 0 Å². The molecule has 0 saturated carbocycles. The Kier molecular flexibility index (Phi) is 8.91. The smallest absolute Gasteiger partial charge is 0.127 e. The highest BCUT2D eigenvalue weighted by Crippen LogP contribution is 2.26. The highest BCUT2D eigenvalue weighted by molar-refractivity contribution is 5.40. The molecule has 0 spiro atoms. The Balaban J connectivity index is 2.68. The van der Waals surface area contributed by atoms with Crippen molar-refractivity contribution in [1.29, 1.82) is 0 Å². The van der Waals surface area contributed by atoms with Crippen molar-refractivity contribution in [2.24, 2.45) is 5.92 Å². The maximum absolute atomic E-state index is 6.11. The van der Waals surface area contributed by atoms with Crippen molar-refractivity contribution in [3.63, 3.8) is 0 Å². The summed E-state index contributed by atoms with van der Waals surface area (Å²) < 4.78 is 11.4. The molecular formula is C18H31NO2. The molecule has 1 atom stereocenters. The van der Waals surface area contributed by atoms with Crippen molar-refractivity contribution >= 4 is 0 Å². The molecular weight excluding hydrogens is 262 g/mol. The van der Waals surface area contributed by atoms with Crippen LogP contribution < -0.4 is 14.8 Å². The fourth-order valence-electron chi connectivity index (χ4n) is 2.31. The molecule has 0 fully saturated rings. The van der Waals surface area contributed by atoms with E-state index < -0.39 is 0 Å². The van der Waals surface area contributed by atoms with E-state index >= 15 is 0 Å². The van der Waals surface area contributed by atoms with E-state index in [2.05, 4.69) is 32.2 Å². The van der Waals surface area contributed by atoms with Crippen molar-refractivity contribution in [3.05, 3.63) is 23.8 Å². The maximum Gasteiger partial charge on any atom is 0.127 e. The Labute approximate surface area is 130 Å². The fraction of sp³-hybridized carbons (Fsp3) is 0.667. The van der Waals surface area contributed by atoms with Gasteiger partial charge in [-0.05, 0) is 24.9 Å². The molecule has 0 saturated heterocycles. The molecule has 0 radical (unpaired) electrons. The molecule has 120 valence electrons. The minimum atomic E-state index is 0.642. The van der Waals surface area contributed by atoms with Gasteiger partial charge < -0.3 is 14.8 Å². The number of hydrogen-bond donors (Lipinski definition) is 1. The Morgan fingerprint density at radius 2 is 2.00 bits per heavy atom. The third-order valence-corrected chi connectivity index (χ3v) is 3.86. The highest BCUT2D eigenvalue weighted by atomic mass is 16.5. The largest absolute Gasteiger partial charge is 0.497 e. The van der Waals surface area contributed by atoms with Gasteiger partial charge in [0.25, 0.3) is 0 Å². The summed E-state index contributed by atoms with van der Waals surface area (Å²) in [5.41, 5.74) is 1.20. The minimum Gasteiger partial charge on any atom is -0.497 e. The van der Waals surface area contributed by atoms with Crippen LogP contribution in [0.25, 0.3) is 0 Å². The van der Waals surface area contributed by atoms with E-state index in [1.165, 1.54) is 31.2 Å².